The Labute approximate surface area is 136 Å². The summed E-state index contributed by atoms with van der Waals surface area (Å²) >= 11 is 0. The molecule has 3 aromatic rings. The molecule has 0 unspecified atom stereocenters. The second-order valence-electron chi connectivity index (χ2n) is 5.47. The summed E-state index contributed by atoms with van der Waals surface area (Å²) in [5, 5.41) is 16.5. The first kappa shape index (κ1) is 15.0. The normalized spacial score (nSPS) is 11.4. The largest absolute Gasteiger partial charge is 0.854 e. The molecule has 0 radical (unpaired) electrons. The van der Waals surface area contributed by atoms with E-state index in [1.807, 2.05) is 48.7 Å². The molecule has 1 aromatic heterocycles. The third-order valence-electron chi connectivity index (χ3n) is 3.61. The highest BCUT2D eigenvalue weighted by Crippen LogP contribution is 2.08. The van der Waals surface area contributed by atoms with Gasteiger partial charge in [0.25, 0.3) is 0 Å². The lowest BCUT2D eigenvalue weighted by Crippen LogP contribution is -2.37. The summed E-state index contributed by atoms with van der Waals surface area (Å²) < 4.78 is 1.66. The molecule has 0 saturated heterocycles. The maximum Gasteiger partial charge on any atom is 0.218 e. The fourth-order valence-electron chi connectivity index (χ4n) is 2.47. The summed E-state index contributed by atoms with van der Waals surface area (Å²) in [6.45, 7) is 2.08. The Hall–Kier alpha value is -2.94. The van der Waals surface area contributed by atoms with Crippen LogP contribution in [-0.2, 0) is 6.42 Å². The molecule has 114 valence electrons. The number of pyridine rings is 1. The van der Waals surface area contributed by atoms with Gasteiger partial charge in [-0.3, -0.25) is 0 Å². The molecule has 3 nitrogen and oxygen atoms in total. The van der Waals surface area contributed by atoms with Crippen molar-refractivity contribution < 1.29 is 9.78 Å². The third-order valence-corrected chi connectivity index (χ3v) is 3.61. The molecule has 0 bridgehead atoms. The number of hydrogen-bond acceptors (Lipinski definition) is 2. The Kier molecular flexibility index (Phi) is 4.48. The van der Waals surface area contributed by atoms with Gasteiger partial charge >= 0.3 is 0 Å². The van der Waals surface area contributed by atoms with Gasteiger partial charge in [-0.05, 0) is 29.2 Å². The van der Waals surface area contributed by atoms with Gasteiger partial charge in [-0.2, -0.15) is 0 Å². The monoisotopic (exact) mass is 302 g/mol. The summed E-state index contributed by atoms with van der Waals surface area (Å²) in [5.41, 5.74) is 3.99. The minimum atomic E-state index is -0.243. The van der Waals surface area contributed by atoms with Gasteiger partial charge in [-0.1, -0.05) is 64.8 Å². The van der Waals surface area contributed by atoms with E-state index >= 15 is 0 Å². The Bertz CT molecular complexity index is 826. The fourth-order valence-corrected chi connectivity index (χ4v) is 2.47. The van der Waals surface area contributed by atoms with E-state index in [1.54, 1.807) is 16.8 Å². The van der Waals surface area contributed by atoms with Crippen LogP contribution >= 0.6 is 0 Å². The van der Waals surface area contributed by atoms with Gasteiger partial charge in [-0.25, -0.2) is 0 Å². The van der Waals surface area contributed by atoms with Crippen molar-refractivity contribution in [2.24, 2.45) is 5.10 Å². The zero-order valence-electron chi connectivity index (χ0n) is 13.0. The summed E-state index contributed by atoms with van der Waals surface area (Å²) in [6.07, 6.45) is 2.54. The molecule has 23 heavy (non-hydrogen) atoms. The van der Waals surface area contributed by atoms with Crippen molar-refractivity contribution in [3.63, 3.8) is 0 Å². The van der Waals surface area contributed by atoms with Crippen molar-refractivity contribution in [3.05, 3.63) is 101 Å². The molecule has 0 aliphatic heterocycles. The van der Waals surface area contributed by atoms with E-state index in [0.29, 0.717) is 5.56 Å². The van der Waals surface area contributed by atoms with Gasteiger partial charge in [0.1, 0.15) is 0 Å². The molecule has 3 rings (SSSR count). The lowest BCUT2D eigenvalue weighted by atomic mass is 10.1. The van der Waals surface area contributed by atoms with Crippen molar-refractivity contribution in [3.8, 4) is 0 Å². The molecule has 2 aromatic carbocycles. The molecular formula is C20H18N2O. The summed E-state index contributed by atoms with van der Waals surface area (Å²) in [5.74, 6) is -0.243. The number of nitrogens with zero attached hydrogens (tertiary/aromatic N) is 2. The number of rotatable bonds is 4. The van der Waals surface area contributed by atoms with Crippen molar-refractivity contribution in [1.29, 1.82) is 0 Å². The van der Waals surface area contributed by atoms with Crippen LogP contribution in [0.25, 0.3) is 0 Å². The lowest BCUT2D eigenvalue weighted by Gasteiger charge is -2.07. The van der Waals surface area contributed by atoms with Gasteiger partial charge in [0.15, 0.2) is 0 Å². The van der Waals surface area contributed by atoms with Crippen LogP contribution in [0.5, 0.6) is 0 Å². The highest BCUT2D eigenvalue weighted by molar-refractivity contribution is 5.89. The Morgan fingerprint density at radius 3 is 2.52 bits per heavy atom. The molecule has 1 heterocycles. The van der Waals surface area contributed by atoms with Crippen LogP contribution in [0, 0.1) is 6.92 Å². The molecule has 0 saturated carbocycles. The van der Waals surface area contributed by atoms with Gasteiger partial charge < -0.3 is 5.11 Å². The number of hydrogen-bond donors (Lipinski definition) is 0. The van der Waals surface area contributed by atoms with Gasteiger partial charge in [0.05, 0.1) is 12.3 Å². The van der Waals surface area contributed by atoms with Crippen LogP contribution < -0.4 is 9.78 Å². The quantitative estimate of drug-likeness (QED) is 0.414. The molecule has 0 N–H and O–H groups in total. The van der Waals surface area contributed by atoms with Crippen molar-refractivity contribution >= 4 is 5.90 Å². The van der Waals surface area contributed by atoms with Crippen molar-refractivity contribution in [2.45, 2.75) is 13.3 Å². The van der Waals surface area contributed by atoms with Crippen LogP contribution in [-0.4, -0.2) is 5.90 Å². The Morgan fingerprint density at radius 2 is 1.74 bits per heavy atom. The smallest absolute Gasteiger partial charge is 0.218 e. The van der Waals surface area contributed by atoms with E-state index in [-0.39, 0.29) is 5.90 Å². The molecular weight excluding hydrogens is 284 g/mol. The van der Waals surface area contributed by atoms with Crippen LogP contribution in [0.15, 0.2) is 84.1 Å². The third kappa shape index (κ3) is 3.83. The summed E-state index contributed by atoms with van der Waals surface area (Å²) in [6, 6.07) is 23.3. The molecule has 0 atom stereocenters. The van der Waals surface area contributed by atoms with E-state index < -0.39 is 0 Å². The van der Waals surface area contributed by atoms with E-state index in [1.165, 1.54) is 11.1 Å². The lowest BCUT2D eigenvalue weighted by molar-refractivity contribution is -0.688. The first-order valence-corrected chi connectivity index (χ1v) is 7.59. The molecule has 0 aliphatic rings. The summed E-state index contributed by atoms with van der Waals surface area (Å²) in [7, 11) is 0. The first-order valence-electron chi connectivity index (χ1n) is 7.59. The minimum Gasteiger partial charge on any atom is -0.854 e. The predicted molar refractivity (Wildman–Crippen MR) is 89.0 cm³/mol. The number of aryl methyl sites for hydroxylation is 1. The van der Waals surface area contributed by atoms with E-state index in [9.17, 15) is 5.11 Å². The predicted octanol–water partition coefficient (Wildman–Crippen LogP) is 2.44. The Morgan fingerprint density at radius 1 is 0.957 bits per heavy atom. The SMILES string of the molecule is Cc1cccc(Cc2cccc[n+]2/N=C(\[O-])c2ccccc2)c1. The van der Waals surface area contributed by atoms with Crippen LogP contribution in [0.4, 0.5) is 0 Å². The summed E-state index contributed by atoms with van der Waals surface area (Å²) in [4.78, 5) is 0. The van der Waals surface area contributed by atoms with Crippen molar-refractivity contribution in [2.75, 3.05) is 0 Å². The molecule has 3 heteroatoms. The maximum absolute atomic E-state index is 12.3. The molecule has 0 fully saturated rings. The second-order valence-corrected chi connectivity index (χ2v) is 5.47. The van der Waals surface area contributed by atoms with Gasteiger partial charge in [-0.15, -0.1) is 0 Å². The average Bonchev–Trinajstić information content (AvgIpc) is 2.57. The van der Waals surface area contributed by atoms with Crippen LogP contribution in [0.3, 0.4) is 0 Å². The highest BCUT2D eigenvalue weighted by Gasteiger charge is 2.10. The zero-order chi connectivity index (χ0) is 16.1. The molecule has 0 amide bonds. The van der Waals surface area contributed by atoms with E-state index in [0.717, 1.165) is 12.1 Å². The van der Waals surface area contributed by atoms with Gasteiger partial charge in [0, 0.05) is 12.1 Å². The zero-order valence-corrected chi connectivity index (χ0v) is 13.0. The number of benzene rings is 2. The fraction of sp³-hybridized carbons (Fsp3) is 0.100. The van der Waals surface area contributed by atoms with Crippen molar-refractivity contribution in [1.82, 2.24) is 0 Å². The Balaban J connectivity index is 1.92. The first-order chi connectivity index (χ1) is 11.2. The van der Waals surface area contributed by atoms with Crippen LogP contribution in [0.2, 0.25) is 0 Å². The number of aromatic nitrogens is 1. The topological polar surface area (TPSA) is 39.3 Å². The van der Waals surface area contributed by atoms with Crippen LogP contribution in [0.1, 0.15) is 22.4 Å². The van der Waals surface area contributed by atoms with E-state index in [4.69, 9.17) is 0 Å². The standard InChI is InChI=1S/C20H18N2O/c1-16-8-7-9-17(14-16)15-19-12-5-6-13-22(19)21-20(23)18-10-3-2-4-11-18/h2-14H,15H2,1H3. The minimum absolute atomic E-state index is 0.243. The van der Waals surface area contributed by atoms with Gasteiger partial charge in [0.2, 0.25) is 11.9 Å². The second kappa shape index (κ2) is 6.88. The molecule has 0 aliphatic carbocycles. The average molecular weight is 302 g/mol. The highest BCUT2D eigenvalue weighted by atomic mass is 16.3. The maximum atomic E-state index is 12.3. The molecule has 0 spiro atoms. The van der Waals surface area contributed by atoms with E-state index in [2.05, 4.69) is 30.2 Å².